The maximum Gasteiger partial charge on any atom is 0.338 e. The highest BCUT2D eigenvalue weighted by Crippen LogP contribution is 2.30. The number of imidazole rings is 1. The first-order valence-corrected chi connectivity index (χ1v) is 8.42. The summed E-state index contributed by atoms with van der Waals surface area (Å²) in [6.07, 6.45) is 3.89. The second-order valence-electron chi connectivity index (χ2n) is 6.26. The summed E-state index contributed by atoms with van der Waals surface area (Å²) in [7, 11) is 0. The second-order valence-corrected chi connectivity index (χ2v) is 6.26. The molecule has 134 valence electrons. The maximum atomic E-state index is 12.2. The highest BCUT2D eigenvalue weighted by molar-refractivity contribution is 5.90. The Balaban J connectivity index is 1.41. The smallest absolute Gasteiger partial charge is 0.338 e. The summed E-state index contributed by atoms with van der Waals surface area (Å²) in [5, 5.41) is 0. The summed E-state index contributed by atoms with van der Waals surface area (Å²) < 4.78 is 13.1. The van der Waals surface area contributed by atoms with E-state index in [0.717, 1.165) is 18.4 Å². The summed E-state index contributed by atoms with van der Waals surface area (Å²) in [6.45, 7) is 2.06. The summed E-state index contributed by atoms with van der Waals surface area (Å²) in [4.78, 5) is 34.7. The van der Waals surface area contributed by atoms with Crippen LogP contribution < -0.4 is 5.56 Å². The van der Waals surface area contributed by atoms with Gasteiger partial charge >= 0.3 is 5.97 Å². The molecule has 1 aliphatic rings. The molecule has 0 aliphatic carbocycles. The first-order valence-electron chi connectivity index (χ1n) is 8.42. The molecule has 3 aromatic rings. The van der Waals surface area contributed by atoms with E-state index in [1.54, 1.807) is 17.0 Å². The number of rotatable bonds is 4. The van der Waals surface area contributed by atoms with E-state index in [-0.39, 0.29) is 36.0 Å². The Morgan fingerprint density at radius 1 is 1.35 bits per heavy atom. The Bertz CT molecular complexity index is 1010. The van der Waals surface area contributed by atoms with Gasteiger partial charge in [0.25, 0.3) is 5.56 Å². The lowest BCUT2D eigenvalue weighted by atomic mass is 10.1. The number of esters is 1. The van der Waals surface area contributed by atoms with Crippen LogP contribution in [-0.2, 0) is 9.47 Å². The third kappa shape index (κ3) is 2.99. The number of benzene rings is 1. The number of carbonyl (C=O) groups excluding carboxylic acids is 1. The largest absolute Gasteiger partial charge is 0.459 e. The number of hydrogen-bond acceptors (Lipinski definition) is 6. The molecule has 3 heterocycles. The highest BCUT2D eigenvalue weighted by Gasteiger charge is 2.29. The van der Waals surface area contributed by atoms with E-state index in [9.17, 15) is 9.59 Å². The Morgan fingerprint density at radius 2 is 2.19 bits per heavy atom. The minimum atomic E-state index is -0.351. The zero-order chi connectivity index (χ0) is 18.1. The summed E-state index contributed by atoms with van der Waals surface area (Å²) >= 11 is 0. The van der Waals surface area contributed by atoms with Crippen molar-refractivity contribution in [3.8, 4) is 0 Å². The molecule has 0 bridgehead atoms. The number of H-pyrrole nitrogens is 1. The van der Waals surface area contributed by atoms with Gasteiger partial charge in [-0.2, -0.15) is 0 Å². The monoisotopic (exact) mass is 354 g/mol. The normalized spacial score (nSPS) is 19.7. The zero-order valence-electron chi connectivity index (χ0n) is 14.2. The van der Waals surface area contributed by atoms with Crippen LogP contribution in [0.3, 0.4) is 0 Å². The molecule has 0 saturated carbocycles. The molecule has 0 spiro atoms. The number of ether oxygens (including phenoxy) is 2. The molecular formula is C18H18N4O4. The van der Waals surface area contributed by atoms with Crippen LogP contribution in [0.5, 0.6) is 0 Å². The van der Waals surface area contributed by atoms with Crippen LogP contribution in [-0.4, -0.2) is 38.2 Å². The van der Waals surface area contributed by atoms with Crippen molar-refractivity contribution in [2.45, 2.75) is 32.1 Å². The average molecular weight is 354 g/mol. The summed E-state index contributed by atoms with van der Waals surface area (Å²) in [5.41, 5.74) is 1.92. The fourth-order valence-electron chi connectivity index (χ4n) is 3.14. The van der Waals surface area contributed by atoms with Gasteiger partial charge in [0.15, 0.2) is 11.2 Å². The van der Waals surface area contributed by atoms with Crippen LogP contribution >= 0.6 is 0 Å². The number of carbonyl (C=O) groups is 1. The molecule has 0 radical (unpaired) electrons. The van der Waals surface area contributed by atoms with Gasteiger partial charge in [-0.05, 0) is 31.4 Å². The van der Waals surface area contributed by atoms with Gasteiger partial charge in [0, 0.05) is 0 Å². The maximum absolute atomic E-state index is 12.2. The molecule has 1 N–H and O–H groups in total. The average Bonchev–Trinajstić information content (AvgIpc) is 3.27. The molecule has 2 unspecified atom stereocenters. The fraction of sp³-hybridized carbons (Fsp3) is 0.333. The number of nitrogens with one attached hydrogen (secondary N) is 1. The Labute approximate surface area is 148 Å². The van der Waals surface area contributed by atoms with Gasteiger partial charge in [-0.25, -0.2) is 14.8 Å². The van der Waals surface area contributed by atoms with Crippen LogP contribution in [0.15, 0.2) is 41.7 Å². The topological polar surface area (TPSA) is 99.1 Å². The lowest BCUT2D eigenvalue weighted by Crippen LogP contribution is -2.20. The first kappa shape index (κ1) is 16.5. The third-order valence-electron chi connectivity index (χ3n) is 4.53. The van der Waals surface area contributed by atoms with Gasteiger partial charge in [0.05, 0.1) is 24.3 Å². The molecule has 2 atom stereocenters. The molecule has 1 saturated heterocycles. The van der Waals surface area contributed by atoms with Crippen molar-refractivity contribution < 1.29 is 14.3 Å². The zero-order valence-corrected chi connectivity index (χ0v) is 14.2. The van der Waals surface area contributed by atoms with E-state index in [4.69, 9.17) is 9.47 Å². The molecule has 26 heavy (non-hydrogen) atoms. The first-order chi connectivity index (χ1) is 12.6. The van der Waals surface area contributed by atoms with E-state index in [1.165, 1.54) is 6.33 Å². The van der Waals surface area contributed by atoms with Crippen molar-refractivity contribution in [2.75, 3.05) is 6.61 Å². The Kier molecular flexibility index (Phi) is 4.26. The highest BCUT2D eigenvalue weighted by atomic mass is 16.6. The fourth-order valence-corrected chi connectivity index (χ4v) is 3.14. The van der Waals surface area contributed by atoms with E-state index < -0.39 is 0 Å². The lowest BCUT2D eigenvalue weighted by Gasteiger charge is -2.15. The van der Waals surface area contributed by atoms with E-state index in [2.05, 4.69) is 15.0 Å². The van der Waals surface area contributed by atoms with Crippen molar-refractivity contribution in [1.29, 1.82) is 0 Å². The van der Waals surface area contributed by atoms with Crippen molar-refractivity contribution >= 4 is 17.1 Å². The van der Waals surface area contributed by atoms with Crippen molar-refractivity contribution in [3.05, 3.63) is 58.4 Å². The second kappa shape index (κ2) is 6.72. The molecule has 8 nitrogen and oxygen atoms in total. The summed E-state index contributed by atoms with van der Waals surface area (Å²) in [6, 6.07) is 7.31. The molecule has 8 heteroatoms. The predicted molar refractivity (Wildman–Crippen MR) is 92.8 cm³/mol. The number of nitrogens with zero attached hydrogens (tertiary/aromatic N) is 3. The molecule has 1 aromatic carbocycles. The van der Waals surface area contributed by atoms with Crippen molar-refractivity contribution in [1.82, 2.24) is 19.5 Å². The van der Waals surface area contributed by atoms with Crippen LogP contribution in [0.1, 0.15) is 35.0 Å². The van der Waals surface area contributed by atoms with Crippen LogP contribution in [0.25, 0.3) is 11.2 Å². The van der Waals surface area contributed by atoms with Gasteiger partial charge < -0.3 is 14.5 Å². The molecular weight excluding hydrogens is 336 g/mol. The van der Waals surface area contributed by atoms with Crippen LogP contribution in [0.2, 0.25) is 0 Å². The van der Waals surface area contributed by atoms with Crippen LogP contribution in [0, 0.1) is 6.92 Å². The SMILES string of the molecule is Cc1ccccc1C(=O)OCC1CCC(n2cnc3c(=O)[nH]cnc32)O1. The standard InChI is InChI=1S/C18H18N4O4/c1-11-4-2-3-5-13(11)18(24)25-8-12-6-7-14(26-12)22-10-21-15-16(22)19-9-20-17(15)23/h2-5,9-10,12,14H,6-8H2,1H3,(H,19,20,23). The van der Waals surface area contributed by atoms with E-state index >= 15 is 0 Å². The van der Waals surface area contributed by atoms with Gasteiger partial charge in [0.2, 0.25) is 0 Å². The quantitative estimate of drug-likeness (QED) is 0.719. The lowest BCUT2D eigenvalue weighted by molar-refractivity contribution is -0.0309. The van der Waals surface area contributed by atoms with Gasteiger partial charge in [-0.3, -0.25) is 9.36 Å². The molecule has 2 aromatic heterocycles. The number of hydrogen-bond donors (Lipinski definition) is 1. The van der Waals surface area contributed by atoms with E-state index in [1.807, 2.05) is 25.1 Å². The van der Waals surface area contributed by atoms with E-state index in [0.29, 0.717) is 11.2 Å². The predicted octanol–water partition coefficient (Wildman–Crippen LogP) is 1.96. The minimum absolute atomic E-state index is 0.185. The van der Waals surface area contributed by atoms with Crippen molar-refractivity contribution in [3.63, 3.8) is 0 Å². The van der Waals surface area contributed by atoms with Crippen LogP contribution in [0.4, 0.5) is 0 Å². The molecule has 1 fully saturated rings. The molecule has 1 aliphatic heterocycles. The number of aryl methyl sites for hydroxylation is 1. The number of fused-ring (bicyclic) bond motifs is 1. The van der Waals surface area contributed by atoms with Gasteiger partial charge in [0.1, 0.15) is 12.8 Å². The Morgan fingerprint density at radius 3 is 3.04 bits per heavy atom. The number of aromatic amines is 1. The minimum Gasteiger partial charge on any atom is -0.459 e. The van der Waals surface area contributed by atoms with Crippen molar-refractivity contribution in [2.24, 2.45) is 0 Å². The third-order valence-corrected chi connectivity index (χ3v) is 4.53. The summed E-state index contributed by atoms with van der Waals surface area (Å²) in [5.74, 6) is -0.351. The molecule has 0 amide bonds. The van der Waals surface area contributed by atoms with Gasteiger partial charge in [-0.1, -0.05) is 18.2 Å². The van der Waals surface area contributed by atoms with Gasteiger partial charge in [-0.15, -0.1) is 0 Å². The molecule has 4 rings (SSSR count). The number of aromatic nitrogens is 4. The Hall–Kier alpha value is -3.00.